The molecule has 1 aliphatic rings. The first-order valence-corrected chi connectivity index (χ1v) is 10.3. The normalized spacial score (nSPS) is 17.2. The fourth-order valence-electron chi connectivity index (χ4n) is 2.91. The fraction of sp³-hybridized carbons (Fsp3) is 0.312. The molecule has 25 heavy (non-hydrogen) atoms. The highest BCUT2D eigenvalue weighted by molar-refractivity contribution is 7.93. The molecule has 5 nitrogen and oxygen atoms in total. The van der Waals surface area contributed by atoms with Crippen LogP contribution in [-0.2, 0) is 22.9 Å². The van der Waals surface area contributed by atoms with Crippen LogP contribution in [0, 0.1) is 11.7 Å². The molecule has 1 aromatic carbocycles. The lowest BCUT2D eigenvalue weighted by molar-refractivity contribution is 0.100. The molecule has 0 fully saturated rings. The van der Waals surface area contributed by atoms with E-state index in [2.05, 4.69) is 11.6 Å². The quantitative estimate of drug-likeness (QED) is 0.819. The molecule has 0 spiro atoms. The van der Waals surface area contributed by atoms with Gasteiger partial charge in [-0.1, -0.05) is 18.5 Å². The maximum absolute atomic E-state index is 13.3. The van der Waals surface area contributed by atoms with Crippen molar-refractivity contribution in [3.63, 3.8) is 0 Å². The highest BCUT2D eigenvalue weighted by atomic mass is 35.5. The van der Waals surface area contributed by atoms with Gasteiger partial charge in [0.2, 0.25) is 0 Å². The highest BCUT2D eigenvalue weighted by Gasteiger charge is 2.29. The summed E-state index contributed by atoms with van der Waals surface area (Å²) in [5.74, 6) is -0.909. The van der Waals surface area contributed by atoms with E-state index in [0.29, 0.717) is 12.3 Å². The summed E-state index contributed by atoms with van der Waals surface area (Å²) in [6, 6.07) is 3.12. The van der Waals surface area contributed by atoms with Crippen LogP contribution in [0.25, 0.3) is 0 Å². The van der Waals surface area contributed by atoms with E-state index >= 15 is 0 Å². The topological polar surface area (TPSA) is 89.3 Å². The summed E-state index contributed by atoms with van der Waals surface area (Å²) in [4.78, 5) is 12.7. The fourth-order valence-corrected chi connectivity index (χ4v) is 5.90. The summed E-state index contributed by atoms with van der Waals surface area (Å²) in [5, 5.41) is -0.0932. The maximum Gasteiger partial charge on any atom is 0.262 e. The zero-order valence-electron chi connectivity index (χ0n) is 13.3. The van der Waals surface area contributed by atoms with Crippen LogP contribution in [0.5, 0.6) is 0 Å². The average Bonchev–Trinajstić information content (AvgIpc) is 2.85. The third kappa shape index (κ3) is 3.51. The number of hydrogen-bond acceptors (Lipinski definition) is 4. The molecule has 1 aromatic heterocycles. The van der Waals surface area contributed by atoms with Gasteiger partial charge in [0.1, 0.15) is 10.8 Å². The van der Waals surface area contributed by atoms with Gasteiger partial charge in [0.05, 0.1) is 15.5 Å². The number of sulfonamides is 1. The Labute approximate surface area is 154 Å². The Morgan fingerprint density at radius 1 is 1.44 bits per heavy atom. The SMILES string of the molecule is C[C@@H]1CCc2c(sc(NS(=O)(=O)c3ccc(F)c(Cl)c3)c2C(N)=O)C1. The molecule has 0 aliphatic heterocycles. The lowest BCUT2D eigenvalue weighted by atomic mass is 9.88. The number of carbonyl (C=O) groups excluding carboxylic acids is 1. The van der Waals surface area contributed by atoms with Crippen molar-refractivity contribution in [3.05, 3.63) is 45.0 Å². The van der Waals surface area contributed by atoms with E-state index in [-0.39, 0.29) is 20.5 Å². The number of thiophene rings is 1. The number of nitrogens with one attached hydrogen (secondary N) is 1. The summed E-state index contributed by atoms with van der Waals surface area (Å²) in [6.45, 7) is 2.11. The number of hydrogen-bond donors (Lipinski definition) is 2. The van der Waals surface area contributed by atoms with Gasteiger partial charge in [0.15, 0.2) is 0 Å². The number of carbonyl (C=O) groups is 1. The summed E-state index contributed by atoms with van der Waals surface area (Å²) >= 11 is 6.89. The van der Waals surface area contributed by atoms with Crippen molar-refractivity contribution in [1.82, 2.24) is 0 Å². The molecule has 0 unspecified atom stereocenters. The molecule has 3 rings (SSSR count). The minimum Gasteiger partial charge on any atom is -0.365 e. The molecule has 0 bridgehead atoms. The molecule has 3 N–H and O–H groups in total. The van der Waals surface area contributed by atoms with E-state index in [1.807, 2.05) is 0 Å². The molecular formula is C16H16ClFN2O3S2. The molecule has 1 amide bonds. The van der Waals surface area contributed by atoms with Crippen LogP contribution in [-0.4, -0.2) is 14.3 Å². The Hall–Kier alpha value is -1.64. The third-order valence-electron chi connectivity index (χ3n) is 4.19. The number of primary amides is 1. The van der Waals surface area contributed by atoms with Gasteiger partial charge in [0, 0.05) is 4.88 Å². The smallest absolute Gasteiger partial charge is 0.262 e. The number of benzene rings is 1. The van der Waals surface area contributed by atoms with Crippen molar-refractivity contribution in [2.45, 2.75) is 31.1 Å². The highest BCUT2D eigenvalue weighted by Crippen LogP contribution is 2.40. The molecule has 2 aromatic rings. The van der Waals surface area contributed by atoms with Crippen LogP contribution in [0.15, 0.2) is 23.1 Å². The Balaban J connectivity index is 2.02. The molecule has 1 aliphatic carbocycles. The Morgan fingerprint density at radius 3 is 2.80 bits per heavy atom. The first kappa shape index (κ1) is 18.2. The van der Waals surface area contributed by atoms with Crippen LogP contribution in [0.4, 0.5) is 9.39 Å². The van der Waals surface area contributed by atoms with Crippen molar-refractivity contribution in [2.24, 2.45) is 11.7 Å². The Kier molecular flexibility index (Phi) is 4.78. The zero-order chi connectivity index (χ0) is 18.4. The monoisotopic (exact) mass is 402 g/mol. The summed E-state index contributed by atoms with van der Waals surface area (Å²) in [7, 11) is -4.02. The van der Waals surface area contributed by atoms with Crippen molar-refractivity contribution >= 4 is 43.9 Å². The predicted molar refractivity (Wildman–Crippen MR) is 96.2 cm³/mol. The molecule has 0 saturated carbocycles. The van der Waals surface area contributed by atoms with Crippen LogP contribution >= 0.6 is 22.9 Å². The first-order valence-electron chi connectivity index (χ1n) is 7.61. The number of nitrogens with two attached hydrogens (primary N) is 1. The molecule has 1 heterocycles. The van der Waals surface area contributed by atoms with Gasteiger partial charge in [-0.2, -0.15) is 0 Å². The van der Waals surface area contributed by atoms with Gasteiger partial charge < -0.3 is 5.73 Å². The molecular weight excluding hydrogens is 387 g/mol. The third-order valence-corrected chi connectivity index (χ3v) is 7.12. The Bertz CT molecular complexity index is 957. The van der Waals surface area contributed by atoms with Crippen molar-refractivity contribution in [2.75, 3.05) is 4.72 Å². The van der Waals surface area contributed by atoms with E-state index in [9.17, 15) is 17.6 Å². The number of anilines is 1. The summed E-state index contributed by atoms with van der Waals surface area (Å²) < 4.78 is 40.8. The van der Waals surface area contributed by atoms with Crippen LogP contribution < -0.4 is 10.5 Å². The van der Waals surface area contributed by atoms with Crippen molar-refractivity contribution in [3.8, 4) is 0 Å². The van der Waals surface area contributed by atoms with Gasteiger partial charge >= 0.3 is 0 Å². The lowest BCUT2D eigenvalue weighted by Gasteiger charge is -2.18. The Morgan fingerprint density at radius 2 is 2.16 bits per heavy atom. The number of fused-ring (bicyclic) bond motifs is 1. The van der Waals surface area contributed by atoms with Crippen LogP contribution in [0.2, 0.25) is 5.02 Å². The summed E-state index contributed by atoms with van der Waals surface area (Å²) in [5.41, 5.74) is 6.53. The zero-order valence-corrected chi connectivity index (χ0v) is 15.7. The minimum absolute atomic E-state index is 0.186. The van der Waals surface area contributed by atoms with Gasteiger partial charge in [0.25, 0.3) is 15.9 Å². The molecule has 0 radical (unpaired) electrons. The second-order valence-corrected chi connectivity index (χ2v) is 9.30. The van der Waals surface area contributed by atoms with E-state index in [1.54, 1.807) is 0 Å². The second kappa shape index (κ2) is 6.59. The number of halogens is 2. The van der Waals surface area contributed by atoms with E-state index in [1.165, 1.54) is 11.3 Å². The van der Waals surface area contributed by atoms with Gasteiger partial charge in [-0.3, -0.25) is 9.52 Å². The van der Waals surface area contributed by atoms with Crippen molar-refractivity contribution in [1.29, 1.82) is 0 Å². The molecule has 1 atom stereocenters. The summed E-state index contributed by atoms with van der Waals surface area (Å²) in [6.07, 6.45) is 2.39. The van der Waals surface area contributed by atoms with Crippen LogP contribution in [0.1, 0.15) is 34.1 Å². The van der Waals surface area contributed by atoms with Crippen LogP contribution in [0.3, 0.4) is 0 Å². The molecule has 134 valence electrons. The van der Waals surface area contributed by atoms with Gasteiger partial charge in [-0.25, -0.2) is 12.8 Å². The minimum atomic E-state index is -4.02. The van der Waals surface area contributed by atoms with E-state index < -0.39 is 21.7 Å². The van der Waals surface area contributed by atoms with Crippen molar-refractivity contribution < 1.29 is 17.6 Å². The lowest BCUT2D eigenvalue weighted by Crippen LogP contribution is -2.19. The van der Waals surface area contributed by atoms with E-state index in [4.69, 9.17) is 17.3 Å². The molecule has 0 saturated heterocycles. The first-order chi connectivity index (χ1) is 11.7. The maximum atomic E-state index is 13.3. The van der Waals surface area contributed by atoms with E-state index in [0.717, 1.165) is 41.5 Å². The second-order valence-electron chi connectivity index (χ2n) is 6.10. The predicted octanol–water partition coefficient (Wildman–Crippen LogP) is 3.57. The largest absolute Gasteiger partial charge is 0.365 e. The van der Waals surface area contributed by atoms with Gasteiger partial charge in [-0.05, 0) is 48.9 Å². The van der Waals surface area contributed by atoms with Gasteiger partial charge in [-0.15, -0.1) is 11.3 Å². The average molecular weight is 403 g/mol. The number of amides is 1. The molecule has 9 heteroatoms. The standard InChI is InChI=1S/C16H16ClFN2O3S2/c1-8-2-4-10-13(6-8)24-16(14(10)15(19)21)20-25(22,23)9-3-5-12(18)11(17)7-9/h3,5,7-8,20H,2,4,6H2,1H3,(H2,19,21)/t8-/m1/s1. The number of rotatable bonds is 4.